The lowest BCUT2D eigenvalue weighted by Crippen LogP contribution is -2.40. The van der Waals surface area contributed by atoms with Crippen LogP contribution in [0.25, 0.3) is 33.4 Å². The zero-order valence-electron chi connectivity index (χ0n) is 47.9. The second kappa shape index (κ2) is 24.3. The van der Waals surface area contributed by atoms with Crippen molar-refractivity contribution in [1.82, 2.24) is 33.8 Å². The van der Waals surface area contributed by atoms with Crippen molar-refractivity contribution in [2.45, 2.75) is 106 Å². The van der Waals surface area contributed by atoms with Gasteiger partial charge in [-0.15, -0.1) is 0 Å². The molecule has 80 heavy (non-hydrogen) atoms. The Morgan fingerprint density at radius 3 is 1.45 bits per heavy atom. The van der Waals surface area contributed by atoms with Crippen LogP contribution in [-0.4, -0.2) is 112 Å². The van der Waals surface area contributed by atoms with Gasteiger partial charge in [-0.3, -0.25) is 23.6 Å². The lowest BCUT2D eigenvalue weighted by Gasteiger charge is -2.36. The van der Waals surface area contributed by atoms with E-state index in [-0.39, 0.29) is 29.9 Å². The van der Waals surface area contributed by atoms with Crippen LogP contribution < -0.4 is 9.47 Å². The van der Waals surface area contributed by atoms with Gasteiger partial charge < -0.3 is 28.7 Å². The van der Waals surface area contributed by atoms with E-state index >= 15 is 0 Å². The molecule has 11 rings (SSSR count). The molecule has 14 nitrogen and oxygen atoms in total. The third-order valence-electron chi connectivity index (χ3n) is 16.0. The number of ether oxygens (including phenoxy) is 4. The van der Waals surface area contributed by atoms with Crippen LogP contribution in [0.4, 0.5) is 0 Å². The fourth-order valence-electron chi connectivity index (χ4n) is 12.4. The van der Waals surface area contributed by atoms with E-state index in [1.54, 1.807) is 33.3 Å². The zero-order valence-corrected chi connectivity index (χ0v) is 47.9. The van der Waals surface area contributed by atoms with Crippen LogP contribution in [-0.2, 0) is 16.0 Å². The Labute approximate surface area is 470 Å². The summed E-state index contributed by atoms with van der Waals surface area (Å²) in [5.41, 5.74) is 15.2. The summed E-state index contributed by atoms with van der Waals surface area (Å²) in [5.74, 6) is 3.04. The Morgan fingerprint density at radius 2 is 1.00 bits per heavy atom. The van der Waals surface area contributed by atoms with Crippen LogP contribution in [0.1, 0.15) is 139 Å². The predicted octanol–water partition coefficient (Wildman–Crippen LogP) is 12.7. The minimum atomic E-state index is -0.375. The molecule has 3 aliphatic heterocycles. The normalized spacial score (nSPS) is 16.8. The summed E-state index contributed by atoms with van der Waals surface area (Å²) in [5, 5.41) is 0. The maximum Gasteiger partial charge on any atom is 0.338 e. The third-order valence-corrected chi connectivity index (χ3v) is 16.0. The van der Waals surface area contributed by atoms with Crippen molar-refractivity contribution in [3.63, 3.8) is 0 Å². The van der Waals surface area contributed by atoms with Crippen LogP contribution in [0.2, 0.25) is 0 Å². The van der Waals surface area contributed by atoms with Gasteiger partial charge >= 0.3 is 5.97 Å². The molecule has 0 radical (unpaired) electrons. The Kier molecular flexibility index (Phi) is 16.8. The molecule has 0 bridgehead atoms. The van der Waals surface area contributed by atoms with Crippen molar-refractivity contribution in [3.05, 3.63) is 176 Å². The molecule has 14 heteroatoms. The van der Waals surface area contributed by atoms with Gasteiger partial charge in [-0.2, -0.15) is 0 Å². The number of morpholine rings is 1. The molecule has 0 saturated carbocycles. The number of hydrogen-bond acceptors (Lipinski definition) is 10. The summed E-state index contributed by atoms with van der Waals surface area (Å²) in [6.45, 7) is 20.1. The van der Waals surface area contributed by atoms with Crippen molar-refractivity contribution in [1.29, 1.82) is 0 Å². The number of piperidine rings is 2. The number of imidazole rings is 2. The van der Waals surface area contributed by atoms with E-state index in [4.69, 9.17) is 28.9 Å². The van der Waals surface area contributed by atoms with Crippen molar-refractivity contribution < 1.29 is 33.3 Å². The maximum absolute atomic E-state index is 14.2. The first-order valence-corrected chi connectivity index (χ1v) is 28.3. The topological polar surface area (TPSA) is 133 Å². The van der Waals surface area contributed by atoms with E-state index < -0.39 is 0 Å². The minimum Gasteiger partial charge on any atom is -0.497 e. The molecule has 2 unspecified atom stereocenters. The molecule has 0 N–H and O–H groups in total. The summed E-state index contributed by atoms with van der Waals surface area (Å²) >= 11 is 0. The van der Waals surface area contributed by atoms with Gasteiger partial charge in [0.15, 0.2) is 0 Å². The Hall–Kier alpha value is -7.81. The second-order valence-corrected chi connectivity index (χ2v) is 21.7. The molecule has 0 aliphatic carbocycles. The first-order valence-electron chi connectivity index (χ1n) is 28.3. The van der Waals surface area contributed by atoms with Gasteiger partial charge in [0.25, 0.3) is 11.8 Å². The first-order chi connectivity index (χ1) is 38.7. The number of methoxy groups -OCH3 is 2. The lowest BCUT2D eigenvalue weighted by atomic mass is 9.95. The molecule has 3 saturated heterocycles. The molecule has 0 spiro atoms. The number of fused-ring (bicyclic) bond motifs is 2. The smallest absolute Gasteiger partial charge is 0.338 e. The van der Waals surface area contributed by atoms with Gasteiger partial charge in [0, 0.05) is 55.2 Å². The van der Waals surface area contributed by atoms with Crippen LogP contribution in [0.5, 0.6) is 11.5 Å². The molecular weight excluding hydrogens is 1000 g/mol. The summed E-state index contributed by atoms with van der Waals surface area (Å²) < 4.78 is 26.0. The van der Waals surface area contributed by atoms with E-state index in [2.05, 4.69) is 101 Å². The highest BCUT2D eigenvalue weighted by atomic mass is 16.5. The Morgan fingerprint density at radius 1 is 0.550 bits per heavy atom. The molecular formula is C66H75N7O7. The van der Waals surface area contributed by atoms with Gasteiger partial charge in [0.05, 0.1) is 73.8 Å². The van der Waals surface area contributed by atoms with Crippen LogP contribution in [0, 0.1) is 41.5 Å². The van der Waals surface area contributed by atoms with Crippen molar-refractivity contribution in [3.8, 4) is 22.9 Å². The SMILES string of the molecule is CCOC(=O)c1ccc2c(c1)nc(C1CCCCN1C(=O)c1c(C)cc(C)cc1C)n2-c1ccc(OC)cc1.COc1ccc(-n2c(C3CCCCN3C(=O)c3c(C)cc(C)cc3C)nc3cc(CN4CCOCC4)ccc32)cc1. The Balaban J connectivity index is 0.000000180. The number of rotatable bonds is 12. The predicted molar refractivity (Wildman–Crippen MR) is 314 cm³/mol. The van der Waals surface area contributed by atoms with Crippen molar-refractivity contribution >= 4 is 39.9 Å². The number of benzene rings is 6. The first kappa shape index (κ1) is 55.5. The number of aromatic nitrogens is 4. The molecule has 3 fully saturated rings. The highest BCUT2D eigenvalue weighted by molar-refractivity contribution is 5.99. The van der Waals surface area contributed by atoms with Gasteiger partial charge in [-0.25, -0.2) is 14.8 Å². The number of aryl methyl sites for hydroxylation is 6. The Bertz CT molecular complexity index is 3510. The molecule has 2 aromatic heterocycles. The largest absolute Gasteiger partial charge is 0.497 e. The molecule has 2 amide bonds. The van der Waals surface area contributed by atoms with E-state index in [9.17, 15) is 14.4 Å². The van der Waals surface area contributed by atoms with Crippen molar-refractivity contribution in [2.24, 2.45) is 0 Å². The number of nitrogens with zero attached hydrogens (tertiary/aromatic N) is 7. The second-order valence-electron chi connectivity index (χ2n) is 21.7. The average molecular weight is 1080 g/mol. The van der Waals surface area contributed by atoms with Crippen molar-refractivity contribution in [2.75, 3.05) is 60.2 Å². The number of carbonyl (C=O) groups is 3. The van der Waals surface area contributed by atoms with Crippen LogP contribution >= 0.6 is 0 Å². The van der Waals surface area contributed by atoms with E-state index in [1.807, 2.05) is 61.2 Å². The molecule has 6 aromatic carbocycles. The number of amides is 2. The van der Waals surface area contributed by atoms with E-state index in [1.165, 1.54) is 11.1 Å². The van der Waals surface area contributed by atoms with Gasteiger partial charge in [0.2, 0.25) is 0 Å². The number of likely N-dealkylation sites (tertiary alicyclic amines) is 2. The number of esters is 1. The number of carbonyl (C=O) groups excluding carboxylic acids is 3. The minimum absolute atomic E-state index is 0.0373. The summed E-state index contributed by atoms with van der Waals surface area (Å²) in [6, 6.07) is 36.1. The quantitative estimate of drug-likeness (QED) is 0.109. The fraction of sp³-hybridized carbons (Fsp3) is 0.379. The molecule has 3 aliphatic rings. The average Bonchev–Trinajstić information content (AvgIpc) is 4.19. The van der Waals surface area contributed by atoms with Gasteiger partial charge in [-0.1, -0.05) is 41.5 Å². The summed E-state index contributed by atoms with van der Waals surface area (Å²) in [7, 11) is 3.33. The molecule has 2 atom stereocenters. The van der Waals surface area contributed by atoms with Gasteiger partial charge in [-0.05, 0) is 194 Å². The molecule has 8 aromatic rings. The summed E-state index contributed by atoms with van der Waals surface area (Å²) in [6.07, 6.45) is 5.70. The van der Waals surface area contributed by atoms with Crippen LogP contribution in [0.3, 0.4) is 0 Å². The highest BCUT2D eigenvalue weighted by Crippen LogP contribution is 2.39. The fourth-order valence-corrected chi connectivity index (χ4v) is 12.4. The van der Waals surface area contributed by atoms with Crippen LogP contribution in [0.15, 0.2) is 109 Å². The third kappa shape index (κ3) is 11.5. The monoisotopic (exact) mass is 1080 g/mol. The highest BCUT2D eigenvalue weighted by Gasteiger charge is 2.36. The summed E-state index contributed by atoms with van der Waals surface area (Å²) in [4.78, 5) is 57.7. The van der Waals surface area contributed by atoms with E-state index in [0.29, 0.717) is 24.2 Å². The van der Waals surface area contributed by atoms with E-state index in [0.717, 1.165) is 168 Å². The van der Waals surface area contributed by atoms with Gasteiger partial charge in [0.1, 0.15) is 23.1 Å². The standard InChI is InChI=1S/C34H40N4O3.C32H35N3O4/c1-23-19-24(2)32(25(3)20-23)34(39)37-14-6-5-7-31(37)33-35-29-21-26(22-36-15-17-41-18-16-36)8-13-30(29)38(33)27-9-11-28(40-4)12-10-27;1-6-39-32(37)23-10-15-27-26(19-23)33-30(35(27)24-11-13-25(38-5)14-12-24)28-9-7-8-16-34(28)31(36)29-21(3)17-20(2)18-22(29)4/h8-13,19-21,31H,5-7,14-18,22H2,1-4H3;10-15,17-19,28H,6-9,16H2,1-5H3. The maximum atomic E-state index is 14.2. The molecule has 5 heterocycles. The number of hydrogen-bond donors (Lipinski definition) is 0. The lowest BCUT2D eigenvalue weighted by molar-refractivity contribution is 0.0342. The molecule has 416 valence electrons. The zero-order chi connectivity index (χ0) is 56.2.